The van der Waals surface area contributed by atoms with Crippen LogP contribution in [-0.4, -0.2) is 22.2 Å². The van der Waals surface area contributed by atoms with E-state index in [0.29, 0.717) is 25.7 Å². The molecule has 0 fully saturated rings. The summed E-state index contributed by atoms with van der Waals surface area (Å²) >= 11 is 0. The zero-order chi connectivity index (χ0) is 15.2. The van der Waals surface area contributed by atoms with Crippen molar-refractivity contribution in [2.45, 2.75) is 65.2 Å². The first-order valence-corrected chi connectivity index (χ1v) is 7.58. The largest absolute Gasteiger partial charge is 0.481 e. The van der Waals surface area contributed by atoms with Crippen LogP contribution in [0, 0.1) is 10.8 Å². The summed E-state index contributed by atoms with van der Waals surface area (Å²) in [7, 11) is 0. The number of rotatable bonds is 8. The maximum atomic E-state index is 12.0. The minimum atomic E-state index is -1.15. The van der Waals surface area contributed by atoms with Gasteiger partial charge in [0.2, 0.25) is 0 Å². The third-order valence-corrected chi connectivity index (χ3v) is 4.75. The van der Waals surface area contributed by atoms with Crippen molar-refractivity contribution < 1.29 is 19.8 Å². The lowest BCUT2D eigenvalue weighted by atomic mass is 9.54. The van der Waals surface area contributed by atoms with Gasteiger partial charge >= 0.3 is 11.9 Å². The molecule has 0 heterocycles. The number of unbranched alkanes of at least 4 members (excludes halogenated alkanes) is 2. The summed E-state index contributed by atoms with van der Waals surface area (Å²) in [4.78, 5) is 23.9. The quantitative estimate of drug-likeness (QED) is 0.663. The van der Waals surface area contributed by atoms with Gasteiger partial charge in [-0.1, -0.05) is 51.7 Å². The molecule has 4 nitrogen and oxygen atoms in total. The molecule has 0 amide bonds. The van der Waals surface area contributed by atoms with Gasteiger partial charge in [0.1, 0.15) is 0 Å². The summed E-state index contributed by atoms with van der Waals surface area (Å²) in [5.74, 6) is -1.90. The molecule has 0 radical (unpaired) electrons. The van der Waals surface area contributed by atoms with E-state index in [4.69, 9.17) is 0 Å². The number of hydrogen-bond donors (Lipinski definition) is 2. The Morgan fingerprint density at radius 1 is 0.900 bits per heavy atom. The molecule has 0 aromatic rings. The number of carbonyl (C=O) groups is 2. The normalized spacial score (nSPS) is 29.3. The minimum Gasteiger partial charge on any atom is -0.481 e. The minimum absolute atomic E-state index is 0.332. The van der Waals surface area contributed by atoms with Crippen molar-refractivity contribution in [2.75, 3.05) is 0 Å². The SMILES string of the molecule is CCCC[C@]1(C(=O)O)CC=CC[C@@]1(CCCC)C(=O)O. The highest BCUT2D eigenvalue weighted by molar-refractivity contribution is 5.87. The Hall–Kier alpha value is -1.32. The highest BCUT2D eigenvalue weighted by Gasteiger charge is 2.60. The lowest BCUT2D eigenvalue weighted by molar-refractivity contribution is -0.177. The Bertz CT molecular complexity index is 352. The van der Waals surface area contributed by atoms with Gasteiger partial charge in [-0.2, -0.15) is 0 Å². The van der Waals surface area contributed by atoms with Gasteiger partial charge in [0.25, 0.3) is 0 Å². The maximum Gasteiger partial charge on any atom is 0.311 e. The fourth-order valence-corrected chi connectivity index (χ4v) is 3.40. The van der Waals surface area contributed by atoms with Crippen LogP contribution in [0.4, 0.5) is 0 Å². The average molecular weight is 282 g/mol. The summed E-state index contributed by atoms with van der Waals surface area (Å²) in [6.45, 7) is 4.01. The molecule has 0 aromatic carbocycles. The molecule has 1 aliphatic carbocycles. The average Bonchev–Trinajstić information content (AvgIpc) is 2.43. The first kappa shape index (κ1) is 16.7. The lowest BCUT2D eigenvalue weighted by Crippen LogP contribution is -2.53. The molecule has 2 atom stereocenters. The van der Waals surface area contributed by atoms with Crippen LogP contribution >= 0.6 is 0 Å². The van der Waals surface area contributed by atoms with Crippen LogP contribution < -0.4 is 0 Å². The third kappa shape index (κ3) is 2.74. The maximum absolute atomic E-state index is 12.0. The van der Waals surface area contributed by atoms with Gasteiger partial charge in [0.05, 0.1) is 10.8 Å². The van der Waals surface area contributed by atoms with E-state index < -0.39 is 22.8 Å². The van der Waals surface area contributed by atoms with Crippen LogP contribution in [0.2, 0.25) is 0 Å². The molecule has 20 heavy (non-hydrogen) atoms. The van der Waals surface area contributed by atoms with Crippen molar-refractivity contribution in [3.63, 3.8) is 0 Å². The molecule has 0 aromatic heterocycles. The smallest absolute Gasteiger partial charge is 0.311 e. The predicted molar refractivity (Wildman–Crippen MR) is 77.6 cm³/mol. The Labute approximate surface area is 120 Å². The zero-order valence-corrected chi connectivity index (χ0v) is 12.5. The van der Waals surface area contributed by atoms with Gasteiger partial charge in [-0.05, 0) is 25.7 Å². The Kier molecular flexibility index (Phi) is 5.78. The monoisotopic (exact) mass is 282 g/mol. The van der Waals surface area contributed by atoms with E-state index in [-0.39, 0.29) is 0 Å². The molecule has 2 N–H and O–H groups in total. The van der Waals surface area contributed by atoms with Gasteiger partial charge in [-0.15, -0.1) is 0 Å². The second-order valence-electron chi connectivity index (χ2n) is 5.86. The summed E-state index contributed by atoms with van der Waals surface area (Å²) in [5.41, 5.74) is -2.31. The highest BCUT2D eigenvalue weighted by atomic mass is 16.4. The van der Waals surface area contributed by atoms with Gasteiger partial charge < -0.3 is 10.2 Å². The molecule has 1 aliphatic rings. The zero-order valence-electron chi connectivity index (χ0n) is 12.5. The van der Waals surface area contributed by atoms with Crippen LogP contribution in [0.15, 0.2) is 12.2 Å². The van der Waals surface area contributed by atoms with E-state index in [2.05, 4.69) is 0 Å². The Morgan fingerprint density at radius 2 is 1.25 bits per heavy atom. The van der Waals surface area contributed by atoms with Gasteiger partial charge in [-0.3, -0.25) is 9.59 Å². The number of allylic oxidation sites excluding steroid dienone is 2. The van der Waals surface area contributed by atoms with Crippen molar-refractivity contribution in [3.8, 4) is 0 Å². The van der Waals surface area contributed by atoms with Gasteiger partial charge in [-0.25, -0.2) is 0 Å². The summed E-state index contributed by atoms with van der Waals surface area (Å²) in [5, 5.41) is 19.6. The van der Waals surface area contributed by atoms with Crippen LogP contribution in [0.1, 0.15) is 65.2 Å². The molecule has 114 valence electrons. The van der Waals surface area contributed by atoms with E-state index in [1.807, 2.05) is 26.0 Å². The molecule has 0 bridgehead atoms. The third-order valence-electron chi connectivity index (χ3n) is 4.75. The summed E-state index contributed by atoms with van der Waals surface area (Å²) < 4.78 is 0. The summed E-state index contributed by atoms with van der Waals surface area (Å²) in [6, 6.07) is 0. The van der Waals surface area contributed by atoms with Crippen LogP contribution in [0.25, 0.3) is 0 Å². The van der Waals surface area contributed by atoms with Crippen molar-refractivity contribution in [3.05, 3.63) is 12.2 Å². The van der Waals surface area contributed by atoms with Gasteiger partial charge in [0, 0.05) is 0 Å². The number of carboxylic acids is 2. The van der Waals surface area contributed by atoms with Crippen molar-refractivity contribution in [1.29, 1.82) is 0 Å². The van der Waals surface area contributed by atoms with E-state index in [9.17, 15) is 19.8 Å². The Balaban J connectivity index is 3.28. The van der Waals surface area contributed by atoms with E-state index >= 15 is 0 Å². The molecule has 0 saturated heterocycles. The van der Waals surface area contributed by atoms with E-state index in [1.54, 1.807) is 0 Å². The van der Waals surface area contributed by atoms with Crippen molar-refractivity contribution >= 4 is 11.9 Å². The molecule has 0 spiro atoms. The van der Waals surface area contributed by atoms with E-state index in [0.717, 1.165) is 25.7 Å². The number of carboxylic acid groups (broad SMARTS) is 2. The number of hydrogen-bond acceptors (Lipinski definition) is 2. The first-order valence-electron chi connectivity index (χ1n) is 7.58. The fraction of sp³-hybridized carbons (Fsp3) is 0.750. The number of aliphatic carboxylic acids is 2. The topological polar surface area (TPSA) is 74.6 Å². The van der Waals surface area contributed by atoms with Crippen LogP contribution in [0.3, 0.4) is 0 Å². The molecule has 4 heteroatoms. The Morgan fingerprint density at radius 3 is 1.50 bits per heavy atom. The predicted octanol–water partition coefficient (Wildman–Crippen LogP) is 3.86. The second kappa shape index (κ2) is 6.91. The van der Waals surface area contributed by atoms with Gasteiger partial charge in [0.15, 0.2) is 0 Å². The molecule has 1 rings (SSSR count). The summed E-state index contributed by atoms with van der Waals surface area (Å²) in [6.07, 6.45) is 8.50. The molecule has 0 unspecified atom stereocenters. The molecular weight excluding hydrogens is 256 g/mol. The molecular formula is C16H26O4. The first-order chi connectivity index (χ1) is 9.47. The van der Waals surface area contributed by atoms with E-state index in [1.165, 1.54) is 0 Å². The van der Waals surface area contributed by atoms with Crippen molar-refractivity contribution in [1.82, 2.24) is 0 Å². The van der Waals surface area contributed by atoms with Crippen LogP contribution in [0.5, 0.6) is 0 Å². The standard InChI is InChI=1S/C16H26O4/c1-3-5-9-15(13(17)18)11-7-8-12-16(15,14(19)20)10-6-4-2/h7-8H,3-6,9-12H2,1-2H3,(H,17,18)(H,19,20)/t15-,16+. The fourth-order valence-electron chi connectivity index (χ4n) is 3.40. The highest BCUT2D eigenvalue weighted by Crippen LogP contribution is 2.54. The lowest BCUT2D eigenvalue weighted by Gasteiger charge is -2.46. The van der Waals surface area contributed by atoms with Crippen molar-refractivity contribution in [2.24, 2.45) is 10.8 Å². The molecule has 0 aliphatic heterocycles. The molecule has 0 saturated carbocycles. The van der Waals surface area contributed by atoms with Crippen LogP contribution in [-0.2, 0) is 9.59 Å². The second-order valence-corrected chi connectivity index (χ2v) is 5.86.